The summed E-state index contributed by atoms with van der Waals surface area (Å²) < 4.78 is 11.2. The van der Waals surface area contributed by atoms with Gasteiger partial charge in [-0.15, -0.1) is 0 Å². The number of benzene rings is 3. The van der Waals surface area contributed by atoms with Gasteiger partial charge >= 0.3 is 0 Å². The van der Waals surface area contributed by atoms with E-state index in [1.165, 1.54) is 0 Å². The number of hydrogen-bond acceptors (Lipinski definition) is 7. The van der Waals surface area contributed by atoms with E-state index in [0.717, 1.165) is 60.6 Å². The summed E-state index contributed by atoms with van der Waals surface area (Å²) >= 11 is 0. The van der Waals surface area contributed by atoms with Crippen LogP contribution in [0, 0.1) is 0 Å². The van der Waals surface area contributed by atoms with Crippen LogP contribution in [0.25, 0.3) is 0 Å². The van der Waals surface area contributed by atoms with Crippen LogP contribution in [0.4, 0.5) is 0 Å². The van der Waals surface area contributed by atoms with Gasteiger partial charge in [-0.05, 0) is 48.0 Å². The van der Waals surface area contributed by atoms with Gasteiger partial charge in [0.2, 0.25) is 6.23 Å². The number of likely N-dealkylation sites (N-methyl/N-ethyl adjacent to an activating group) is 1. The maximum Gasteiger partial charge on any atom is 0.209 e. The second kappa shape index (κ2) is 12.9. The molecule has 7 nitrogen and oxygen atoms in total. The Morgan fingerprint density at radius 3 is 2.17 bits per heavy atom. The highest BCUT2D eigenvalue weighted by Crippen LogP contribution is 2.18. The van der Waals surface area contributed by atoms with Gasteiger partial charge < -0.3 is 19.2 Å². The van der Waals surface area contributed by atoms with Crippen LogP contribution in [0.15, 0.2) is 84.0 Å². The highest BCUT2D eigenvalue weighted by atomic mass is 16.6. The molecule has 1 aliphatic heterocycles. The number of ether oxygens (including phenoxy) is 2. The number of methoxy groups -OCH3 is 1. The molecule has 1 unspecified atom stereocenters. The van der Waals surface area contributed by atoms with Crippen LogP contribution in [-0.2, 0) is 22.7 Å². The molecule has 36 heavy (non-hydrogen) atoms. The van der Waals surface area contributed by atoms with Crippen molar-refractivity contribution in [3.8, 4) is 11.5 Å². The average Bonchev–Trinajstić information content (AvgIpc) is 2.93. The largest absolute Gasteiger partial charge is 0.497 e. The number of aldehydes is 1. The maximum absolute atomic E-state index is 11.7. The van der Waals surface area contributed by atoms with Gasteiger partial charge in [0.25, 0.3) is 0 Å². The quantitative estimate of drug-likeness (QED) is 0.231. The monoisotopic (exact) mass is 487 g/mol. The fourth-order valence-electron chi connectivity index (χ4n) is 4.01. The van der Waals surface area contributed by atoms with Crippen molar-refractivity contribution in [1.82, 2.24) is 9.80 Å². The lowest BCUT2D eigenvalue weighted by atomic mass is 10.0. The Bertz CT molecular complexity index is 1110. The first-order chi connectivity index (χ1) is 17.6. The van der Waals surface area contributed by atoms with Crippen molar-refractivity contribution in [2.45, 2.75) is 19.3 Å². The van der Waals surface area contributed by atoms with Crippen LogP contribution in [0.5, 0.6) is 11.5 Å². The third kappa shape index (κ3) is 7.16. The summed E-state index contributed by atoms with van der Waals surface area (Å²) in [6.45, 7) is 3.84. The normalized spacial score (nSPS) is 15.8. The zero-order valence-corrected chi connectivity index (χ0v) is 20.9. The number of carbonyl (C=O) groups is 1. The van der Waals surface area contributed by atoms with Crippen molar-refractivity contribution < 1.29 is 19.1 Å². The van der Waals surface area contributed by atoms with Gasteiger partial charge in [-0.2, -0.15) is 0 Å². The van der Waals surface area contributed by atoms with E-state index in [4.69, 9.17) is 14.3 Å². The van der Waals surface area contributed by atoms with Crippen molar-refractivity contribution in [2.24, 2.45) is 5.16 Å². The van der Waals surface area contributed by atoms with Crippen molar-refractivity contribution in [2.75, 3.05) is 40.3 Å². The minimum Gasteiger partial charge on any atom is -0.497 e. The second-order valence-electron chi connectivity index (χ2n) is 8.83. The maximum atomic E-state index is 11.7. The van der Waals surface area contributed by atoms with Crippen molar-refractivity contribution in [3.63, 3.8) is 0 Å². The van der Waals surface area contributed by atoms with Crippen molar-refractivity contribution in [1.29, 1.82) is 0 Å². The molecule has 0 saturated carbocycles. The first-order valence-corrected chi connectivity index (χ1v) is 12.2. The molecular weight excluding hydrogens is 454 g/mol. The molecule has 1 atom stereocenters. The van der Waals surface area contributed by atoms with Crippen LogP contribution in [0.3, 0.4) is 0 Å². The van der Waals surface area contributed by atoms with Crippen LogP contribution in [0.1, 0.15) is 16.7 Å². The second-order valence-corrected chi connectivity index (χ2v) is 8.83. The molecule has 188 valence electrons. The van der Waals surface area contributed by atoms with E-state index in [1.54, 1.807) is 7.11 Å². The predicted molar refractivity (Wildman–Crippen MR) is 140 cm³/mol. The van der Waals surface area contributed by atoms with Crippen LogP contribution in [-0.4, -0.2) is 68.4 Å². The molecule has 3 aromatic carbocycles. The number of hydrogen-bond donors (Lipinski definition) is 0. The summed E-state index contributed by atoms with van der Waals surface area (Å²) in [5.74, 6) is 1.48. The molecule has 0 spiro atoms. The van der Waals surface area contributed by atoms with E-state index in [-0.39, 0.29) is 0 Å². The molecule has 1 aliphatic rings. The van der Waals surface area contributed by atoms with Crippen LogP contribution < -0.4 is 9.47 Å². The van der Waals surface area contributed by atoms with Gasteiger partial charge in [0.05, 0.1) is 12.8 Å². The molecule has 0 aliphatic carbocycles. The number of nitrogens with zero attached hydrogens (tertiary/aromatic N) is 3. The molecule has 0 bridgehead atoms. The molecule has 0 radical (unpaired) electrons. The molecule has 1 saturated heterocycles. The smallest absolute Gasteiger partial charge is 0.209 e. The predicted octanol–water partition coefficient (Wildman–Crippen LogP) is 4.01. The average molecular weight is 488 g/mol. The van der Waals surface area contributed by atoms with E-state index in [0.29, 0.717) is 18.8 Å². The summed E-state index contributed by atoms with van der Waals surface area (Å²) in [5, 5.41) is 4.48. The lowest BCUT2D eigenvalue weighted by molar-refractivity contribution is -0.123. The Morgan fingerprint density at radius 1 is 0.889 bits per heavy atom. The van der Waals surface area contributed by atoms with Crippen molar-refractivity contribution in [3.05, 3.63) is 95.6 Å². The van der Waals surface area contributed by atoms with E-state index in [1.807, 2.05) is 78.9 Å². The highest BCUT2D eigenvalue weighted by molar-refractivity contribution is 6.01. The molecule has 0 N–H and O–H groups in total. The molecule has 0 amide bonds. The van der Waals surface area contributed by atoms with Gasteiger partial charge in [-0.1, -0.05) is 59.8 Å². The molecule has 4 rings (SSSR count). The fourth-order valence-corrected chi connectivity index (χ4v) is 4.01. The Balaban J connectivity index is 1.40. The van der Waals surface area contributed by atoms with Gasteiger partial charge in [0, 0.05) is 32.6 Å². The molecule has 7 heteroatoms. The summed E-state index contributed by atoms with van der Waals surface area (Å²) in [7, 11) is 3.73. The minimum absolute atomic E-state index is 0.368. The molecule has 1 fully saturated rings. The van der Waals surface area contributed by atoms with Gasteiger partial charge in [-0.3, -0.25) is 9.69 Å². The zero-order chi connectivity index (χ0) is 25.2. The summed E-state index contributed by atoms with van der Waals surface area (Å²) in [6.07, 6.45) is 0.902. The van der Waals surface area contributed by atoms with Crippen molar-refractivity contribution >= 4 is 12.0 Å². The Hall–Kier alpha value is -3.68. The number of rotatable bonds is 11. The third-order valence-electron chi connectivity index (χ3n) is 6.24. The Kier molecular flexibility index (Phi) is 9.08. The first kappa shape index (κ1) is 25.4. The van der Waals surface area contributed by atoms with E-state index >= 15 is 0 Å². The molecular formula is C29H33N3O4. The van der Waals surface area contributed by atoms with E-state index < -0.39 is 6.23 Å². The third-order valence-corrected chi connectivity index (χ3v) is 6.24. The Labute approximate surface area is 212 Å². The molecule has 3 aromatic rings. The lowest BCUT2D eigenvalue weighted by Gasteiger charge is -2.35. The number of oxime groups is 1. The zero-order valence-electron chi connectivity index (χ0n) is 20.9. The summed E-state index contributed by atoms with van der Waals surface area (Å²) in [5.41, 5.74) is 3.92. The topological polar surface area (TPSA) is 63.6 Å². The number of carbonyl (C=O) groups excluding carboxylic acids is 1. The van der Waals surface area contributed by atoms with Gasteiger partial charge in [0.15, 0.2) is 6.29 Å². The van der Waals surface area contributed by atoms with E-state index in [9.17, 15) is 4.79 Å². The van der Waals surface area contributed by atoms with Gasteiger partial charge in [-0.25, -0.2) is 0 Å². The first-order valence-electron chi connectivity index (χ1n) is 12.2. The SMILES string of the molecule is COc1ccc(CON=C(Cc2ccc(OC(C=O)N3CCN(C)CC3)cc2)c2ccccc2)cc1. The standard InChI is InChI=1S/C29H33N3O4/c1-31-16-18-32(19-17-31)29(21-33)36-27-14-8-23(9-15-27)20-28(25-6-4-3-5-7-25)30-35-22-24-10-12-26(34-2)13-11-24/h3-15,21,29H,16-20,22H2,1-2H3. The van der Waals surface area contributed by atoms with E-state index in [2.05, 4.69) is 22.0 Å². The van der Waals surface area contributed by atoms with Crippen LogP contribution >= 0.6 is 0 Å². The fraction of sp³-hybridized carbons (Fsp3) is 0.310. The van der Waals surface area contributed by atoms with Gasteiger partial charge in [0.1, 0.15) is 18.1 Å². The highest BCUT2D eigenvalue weighted by Gasteiger charge is 2.23. The summed E-state index contributed by atoms with van der Waals surface area (Å²) in [6, 6.07) is 25.6. The Morgan fingerprint density at radius 2 is 1.53 bits per heavy atom. The summed E-state index contributed by atoms with van der Waals surface area (Å²) in [4.78, 5) is 21.7. The van der Waals surface area contributed by atoms with Crippen LogP contribution in [0.2, 0.25) is 0 Å². The molecule has 0 aromatic heterocycles. The molecule has 1 heterocycles. The minimum atomic E-state index is -0.572. The number of piperazine rings is 1. The lowest BCUT2D eigenvalue weighted by Crippen LogP contribution is -2.51.